The Balaban J connectivity index is 2.09. The summed E-state index contributed by atoms with van der Waals surface area (Å²) in [7, 11) is 0. The molecule has 1 heterocycles. The molecule has 2 N–H and O–H groups in total. The first-order valence-electron chi connectivity index (χ1n) is 10.6. The van der Waals surface area contributed by atoms with Crippen molar-refractivity contribution in [2.45, 2.75) is 38.8 Å². The van der Waals surface area contributed by atoms with Crippen LogP contribution >= 0.6 is 15.9 Å². The van der Waals surface area contributed by atoms with Crippen molar-refractivity contribution < 1.29 is 35.5 Å². The van der Waals surface area contributed by atoms with Crippen molar-refractivity contribution in [3.63, 3.8) is 0 Å². The van der Waals surface area contributed by atoms with Gasteiger partial charge in [-0.05, 0) is 18.2 Å². The fourth-order valence-electron chi connectivity index (χ4n) is 3.00. The summed E-state index contributed by atoms with van der Waals surface area (Å²) in [6, 6.07) is 13.5. The molecule has 3 rings (SSSR count). The van der Waals surface area contributed by atoms with E-state index in [-0.39, 0.29) is 6.08 Å². The van der Waals surface area contributed by atoms with Crippen LogP contribution in [0.25, 0.3) is 22.2 Å². The second kappa shape index (κ2) is 9.92. The topological polar surface area (TPSA) is 66.9 Å². The molecule has 13 heteroatoms. The molecular weight excluding hydrogens is 573 g/mol. The van der Waals surface area contributed by atoms with E-state index < -0.39 is 40.9 Å². The van der Waals surface area contributed by atoms with Gasteiger partial charge in [-0.15, -0.1) is 0 Å². The van der Waals surface area contributed by atoms with Crippen LogP contribution in [0, 0.1) is 5.41 Å². The second-order valence-corrected chi connectivity index (χ2v) is 9.91. The number of fused-ring (bicyclic) bond motifs is 1. The number of nitrogens with zero attached hydrogens (tertiary/aromatic N) is 2. The van der Waals surface area contributed by atoms with Gasteiger partial charge in [0.05, 0.1) is 11.2 Å². The Morgan fingerprint density at radius 1 is 0.919 bits per heavy atom. The first-order chi connectivity index (χ1) is 16.9. The van der Waals surface area contributed by atoms with Crippen LogP contribution in [0.4, 0.5) is 36.7 Å². The number of hydrazine groups is 1. The van der Waals surface area contributed by atoms with Gasteiger partial charge in [-0.25, -0.2) is 9.97 Å². The molecule has 0 saturated heterocycles. The molecule has 0 aliphatic rings. The molecule has 0 atom stereocenters. The van der Waals surface area contributed by atoms with E-state index in [1.807, 2.05) is 0 Å². The SMILES string of the molecule is CC(C)(C)C(=O)C=C(NNc1nc(-c2ccccc2)c2cc(Br)ccc2n1)C(F)(F)C(F)(F)C(F)(F)F. The standard InChI is InChI=1S/C24H20BrF7N4O/c1-21(2,3)18(37)12-17(22(26,27)23(28,29)24(30,31)32)35-36-20-33-16-10-9-14(25)11-15(16)19(34-20)13-7-5-4-6-8-13/h4-12,35H,1-3H3,(H,33,34,36). The number of aromatic nitrogens is 2. The summed E-state index contributed by atoms with van der Waals surface area (Å²) in [5.41, 5.74) is 1.56. The number of carbonyl (C=O) groups is 1. The van der Waals surface area contributed by atoms with Gasteiger partial charge in [-0.2, -0.15) is 30.7 Å². The lowest BCUT2D eigenvalue weighted by Crippen LogP contribution is -2.55. The third-order valence-electron chi connectivity index (χ3n) is 5.12. The number of halogens is 8. The summed E-state index contributed by atoms with van der Waals surface area (Å²) in [5, 5.41) is 0.540. The Morgan fingerprint density at radius 3 is 2.11 bits per heavy atom. The Kier molecular flexibility index (Phi) is 7.60. The number of hydrogen-bond donors (Lipinski definition) is 2. The van der Waals surface area contributed by atoms with E-state index >= 15 is 0 Å². The lowest BCUT2D eigenvalue weighted by Gasteiger charge is -2.30. The zero-order valence-corrected chi connectivity index (χ0v) is 21.1. The maximum Gasteiger partial charge on any atom is 0.460 e. The zero-order chi connectivity index (χ0) is 27.8. The summed E-state index contributed by atoms with van der Waals surface area (Å²) in [6.07, 6.45) is -6.59. The van der Waals surface area contributed by atoms with Crippen molar-refractivity contribution in [1.82, 2.24) is 15.4 Å². The molecule has 3 aromatic rings. The molecule has 0 bridgehead atoms. The minimum atomic E-state index is -6.60. The van der Waals surface area contributed by atoms with Gasteiger partial charge in [0.15, 0.2) is 5.78 Å². The van der Waals surface area contributed by atoms with Crippen molar-refractivity contribution in [3.8, 4) is 11.3 Å². The van der Waals surface area contributed by atoms with Gasteiger partial charge in [-0.3, -0.25) is 15.6 Å². The molecule has 0 spiro atoms. The largest absolute Gasteiger partial charge is 0.460 e. The van der Waals surface area contributed by atoms with Crippen LogP contribution in [-0.4, -0.2) is 33.8 Å². The smallest absolute Gasteiger partial charge is 0.296 e. The normalized spacial score (nSPS) is 13.5. The molecule has 0 saturated carbocycles. The first-order valence-corrected chi connectivity index (χ1v) is 11.4. The maximum atomic E-state index is 14.6. The number of benzene rings is 2. The number of alkyl halides is 7. The molecule has 1 aromatic heterocycles. The molecule has 198 valence electrons. The minimum Gasteiger partial charge on any atom is -0.296 e. The number of allylic oxidation sites excluding steroid dienone is 2. The lowest BCUT2D eigenvalue weighted by molar-refractivity contribution is -0.345. The highest BCUT2D eigenvalue weighted by Crippen LogP contribution is 2.49. The van der Waals surface area contributed by atoms with Gasteiger partial charge < -0.3 is 0 Å². The van der Waals surface area contributed by atoms with Gasteiger partial charge in [0, 0.05) is 26.9 Å². The van der Waals surface area contributed by atoms with Crippen LogP contribution < -0.4 is 10.9 Å². The molecular formula is C24H20BrF7N4O. The number of carbonyl (C=O) groups excluding carboxylic acids is 1. The van der Waals surface area contributed by atoms with E-state index in [1.54, 1.807) is 54.0 Å². The average molecular weight is 593 g/mol. The second-order valence-electron chi connectivity index (χ2n) is 8.99. The van der Waals surface area contributed by atoms with Crippen LogP contribution in [0.2, 0.25) is 0 Å². The van der Waals surface area contributed by atoms with E-state index in [2.05, 4.69) is 31.3 Å². The summed E-state index contributed by atoms with van der Waals surface area (Å²) in [4.78, 5) is 20.7. The highest BCUT2D eigenvalue weighted by molar-refractivity contribution is 9.10. The molecule has 5 nitrogen and oxygen atoms in total. The van der Waals surface area contributed by atoms with E-state index in [0.29, 0.717) is 26.6 Å². The Labute approximate surface area is 215 Å². The van der Waals surface area contributed by atoms with E-state index in [0.717, 1.165) is 0 Å². The van der Waals surface area contributed by atoms with Crippen molar-refractivity contribution in [1.29, 1.82) is 0 Å². The van der Waals surface area contributed by atoms with E-state index in [4.69, 9.17) is 0 Å². The number of hydrogen-bond acceptors (Lipinski definition) is 5. The molecule has 0 aliphatic carbocycles. The van der Waals surface area contributed by atoms with Gasteiger partial charge in [0.25, 0.3) is 0 Å². The zero-order valence-electron chi connectivity index (χ0n) is 19.5. The molecule has 0 fully saturated rings. The van der Waals surface area contributed by atoms with Crippen LogP contribution in [0.3, 0.4) is 0 Å². The number of ketones is 1. The van der Waals surface area contributed by atoms with Crippen molar-refractivity contribution in [2.24, 2.45) is 5.41 Å². The average Bonchev–Trinajstić information content (AvgIpc) is 2.80. The van der Waals surface area contributed by atoms with Gasteiger partial charge >= 0.3 is 18.0 Å². The molecule has 0 amide bonds. The van der Waals surface area contributed by atoms with Crippen LogP contribution in [-0.2, 0) is 4.79 Å². The Bertz CT molecular complexity index is 1340. The van der Waals surface area contributed by atoms with E-state index in [1.165, 1.54) is 20.8 Å². The third kappa shape index (κ3) is 5.86. The van der Waals surface area contributed by atoms with Gasteiger partial charge in [-0.1, -0.05) is 67.0 Å². The fourth-order valence-corrected chi connectivity index (χ4v) is 3.36. The summed E-state index contributed by atoms with van der Waals surface area (Å²) >= 11 is 3.33. The molecule has 0 radical (unpaired) electrons. The van der Waals surface area contributed by atoms with Crippen molar-refractivity contribution in [2.75, 3.05) is 5.43 Å². The van der Waals surface area contributed by atoms with Crippen molar-refractivity contribution in [3.05, 3.63) is 64.8 Å². The van der Waals surface area contributed by atoms with Gasteiger partial charge in [0.2, 0.25) is 5.95 Å². The highest BCUT2D eigenvalue weighted by Gasteiger charge is 2.74. The molecule has 37 heavy (non-hydrogen) atoms. The van der Waals surface area contributed by atoms with Crippen LogP contribution in [0.15, 0.2) is 64.8 Å². The van der Waals surface area contributed by atoms with Gasteiger partial charge in [0.1, 0.15) is 5.70 Å². The maximum absolute atomic E-state index is 14.6. The minimum absolute atomic E-state index is 0.0168. The summed E-state index contributed by atoms with van der Waals surface area (Å²) in [5.74, 6) is -13.9. The lowest BCUT2D eigenvalue weighted by atomic mass is 9.89. The predicted molar refractivity (Wildman–Crippen MR) is 128 cm³/mol. The van der Waals surface area contributed by atoms with Crippen LogP contribution in [0.1, 0.15) is 20.8 Å². The monoisotopic (exact) mass is 592 g/mol. The molecule has 0 aliphatic heterocycles. The molecule has 0 unspecified atom stereocenters. The number of rotatable bonds is 7. The number of nitrogens with one attached hydrogen (secondary N) is 2. The Hall–Kier alpha value is -3.22. The highest BCUT2D eigenvalue weighted by atomic mass is 79.9. The Morgan fingerprint density at radius 2 is 1.54 bits per heavy atom. The fraction of sp³-hybridized carbons (Fsp3) is 0.292. The first kappa shape index (κ1) is 28.4. The number of anilines is 1. The quantitative estimate of drug-likeness (QED) is 0.171. The summed E-state index contributed by atoms with van der Waals surface area (Å²) in [6.45, 7) is 3.86. The summed E-state index contributed by atoms with van der Waals surface area (Å²) < 4.78 is 96.1. The van der Waals surface area contributed by atoms with Crippen LogP contribution in [0.5, 0.6) is 0 Å². The van der Waals surface area contributed by atoms with E-state index in [9.17, 15) is 35.5 Å². The third-order valence-corrected chi connectivity index (χ3v) is 5.61. The van der Waals surface area contributed by atoms with Crippen molar-refractivity contribution >= 4 is 38.6 Å². The predicted octanol–water partition coefficient (Wildman–Crippen LogP) is 7.31. The molecule has 2 aromatic carbocycles.